The summed E-state index contributed by atoms with van der Waals surface area (Å²) in [5.41, 5.74) is 1.57. The summed E-state index contributed by atoms with van der Waals surface area (Å²) >= 11 is 1.58. The molecule has 0 radical (unpaired) electrons. The highest BCUT2D eigenvalue weighted by Crippen LogP contribution is 2.33. The Labute approximate surface area is 167 Å². The predicted octanol–water partition coefficient (Wildman–Crippen LogP) is 3.34. The number of amides is 1. The number of aryl methyl sites for hydroxylation is 1. The van der Waals surface area contributed by atoms with Gasteiger partial charge in [0.1, 0.15) is 6.54 Å². The summed E-state index contributed by atoms with van der Waals surface area (Å²) in [6, 6.07) is 12.9. The lowest BCUT2D eigenvalue weighted by Crippen LogP contribution is -2.41. The number of rotatable bonds is 4. The second-order valence-corrected chi connectivity index (χ2v) is 8.41. The zero-order valence-corrected chi connectivity index (χ0v) is 16.7. The van der Waals surface area contributed by atoms with E-state index < -0.39 is 6.10 Å². The number of hydrogen-bond acceptors (Lipinski definition) is 4. The average Bonchev–Trinajstić information content (AvgIpc) is 3.25. The van der Waals surface area contributed by atoms with E-state index in [0.717, 1.165) is 28.9 Å². The van der Waals surface area contributed by atoms with E-state index in [2.05, 4.69) is 0 Å². The molecular formula is C22H24N2O3S. The molecule has 1 saturated heterocycles. The van der Waals surface area contributed by atoms with E-state index in [1.165, 1.54) is 0 Å². The number of likely N-dealkylation sites (tertiary alicyclic amines) is 1. The Morgan fingerprint density at radius 3 is 2.68 bits per heavy atom. The number of thiophene rings is 1. The van der Waals surface area contributed by atoms with Crippen LogP contribution in [-0.2, 0) is 11.3 Å². The van der Waals surface area contributed by atoms with Gasteiger partial charge in [0.25, 0.3) is 0 Å². The van der Waals surface area contributed by atoms with E-state index >= 15 is 0 Å². The van der Waals surface area contributed by atoms with E-state index in [1.807, 2.05) is 52.1 Å². The van der Waals surface area contributed by atoms with Gasteiger partial charge in [-0.15, -0.1) is 11.3 Å². The van der Waals surface area contributed by atoms with Crippen LogP contribution in [0.15, 0.2) is 52.6 Å². The van der Waals surface area contributed by atoms with Crippen molar-refractivity contribution in [3.05, 3.63) is 68.6 Å². The standard InChI is InChI=1S/C22H24N2O3S/c1-15-13-19(25)17-5-2-3-6-18(17)24(15)14-21(26)23-10-8-16(9-11-23)22(27)20-7-4-12-28-20/h2-7,12-13,16,22,27H,8-11,14H2,1H3. The number of aromatic nitrogens is 1. The topological polar surface area (TPSA) is 62.5 Å². The Hall–Kier alpha value is -2.44. The molecule has 6 heteroatoms. The van der Waals surface area contributed by atoms with Crippen LogP contribution in [0.4, 0.5) is 0 Å². The fourth-order valence-corrected chi connectivity index (χ4v) is 4.86. The number of aliphatic hydroxyl groups is 1. The number of benzene rings is 1. The van der Waals surface area contributed by atoms with Crippen LogP contribution in [0.2, 0.25) is 0 Å². The third-order valence-electron chi connectivity index (χ3n) is 5.69. The maximum Gasteiger partial charge on any atom is 0.242 e. The van der Waals surface area contributed by atoms with Crippen molar-refractivity contribution >= 4 is 28.1 Å². The molecule has 1 aromatic carbocycles. The molecule has 1 aliphatic heterocycles. The minimum atomic E-state index is -0.442. The minimum Gasteiger partial charge on any atom is -0.387 e. The Balaban J connectivity index is 1.46. The van der Waals surface area contributed by atoms with Crippen LogP contribution in [0.25, 0.3) is 10.9 Å². The van der Waals surface area contributed by atoms with Gasteiger partial charge in [-0.05, 0) is 49.3 Å². The molecule has 0 saturated carbocycles. The highest BCUT2D eigenvalue weighted by molar-refractivity contribution is 7.10. The summed E-state index contributed by atoms with van der Waals surface area (Å²) in [6.07, 6.45) is 1.16. The number of piperidine rings is 1. The van der Waals surface area contributed by atoms with Gasteiger partial charge in [-0.2, -0.15) is 0 Å². The highest BCUT2D eigenvalue weighted by atomic mass is 32.1. The molecule has 0 bridgehead atoms. The van der Waals surface area contributed by atoms with Gasteiger partial charge in [-0.25, -0.2) is 0 Å². The Bertz CT molecular complexity index is 1030. The van der Waals surface area contributed by atoms with Gasteiger partial charge in [-0.3, -0.25) is 9.59 Å². The lowest BCUT2D eigenvalue weighted by Gasteiger charge is -2.34. The largest absolute Gasteiger partial charge is 0.387 e. The van der Waals surface area contributed by atoms with E-state index in [4.69, 9.17) is 0 Å². The van der Waals surface area contributed by atoms with Gasteiger partial charge in [-0.1, -0.05) is 18.2 Å². The third-order valence-corrected chi connectivity index (χ3v) is 6.64. The molecule has 1 atom stereocenters. The van der Waals surface area contributed by atoms with Crippen molar-refractivity contribution in [3.8, 4) is 0 Å². The smallest absolute Gasteiger partial charge is 0.242 e. The maximum absolute atomic E-state index is 12.9. The van der Waals surface area contributed by atoms with E-state index in [0.29, 0.717) is 18.5 Å². The first-order valence-corrected chi connectivity index (χ1v) is 10.5. The van der Waals surface area contributed by atoms with Crippen molar-refractivity contribution in [2.24, 2.45) is 5.92 Å². The van der Waals surface area contributed by atoms with Crippen molar-refractivity contribution in [1.82, 2.24) is 9.47 Å². The molecule has 3 heterocycles. The fourth-order valence-electron chi connectivity index (χ4n) is 4.05. The molecule has 1 amide bonds. The van der Waals surface area contributed by atoms with Gasteiger partial charge in [0.2, 0.25) is 5.91 Å². The second-order valence-electron chi connectivity index (χ2n) is 7.43. The second kappa shape index (κ2) is 7.89. The van der Waals surface area contributed by atoms with Crippen LogP contribution in [0, 0.1) is 12.8 Å². The molecule has 146 valence electrons. The number of carbonyl (C=O) groups is 1. The number of hydrogen-bond donors (Lipinski definition) is 1. The van der Waals surface area contributed by atoms with Crippen LogP contribution in [0.3, 0.4) is 0 Å². The first-order valence-electron chi connectivity index (χ1n) is 9.63. The summed E-state index contributed by atoms with van der Waals surface area (Å²) in [6.45, 7) is 3.40. The van der Waals surface area contributed by atoms with E-state index in [9.17, 15) is 14.7 Å². The minimum absolute atomic E-state index is 0.0137. The summed E-state index contributed by atoms with van der Waals surface area (Å²) in [4.78, 5) is 28.0. The van der Waals surface area contributed by atoms with Crippen LogP contribution >= 0.6 is 11.3 Å². The Morgan fingerprint density at radius 1 is 1.21 bits per heavy atom. The Morgan fingerprint density at radius 2 is 1.96 bits per heavy atom. The lowest BCUT2D eigenvalue weighted by molar-refractivity contribution is -0.133. The number of aliphatic hydroxyl groups excluding tert-OH is 1. The van der Waals surface area contributed by atoms with Crippen LogP contribution in [-0.4, -0.2) is 33.6 Å². The van der Waals surface area contributed by atoms with Gasteiger partial charge in [0.05, 0.1) is 11.6 Å². The van der Waals surface area contributed by atoms with Crippen molar-refractivity contribution in [2.75, 3.05) is 13.1 Å². The third kappa shape index (κ3) is 3.62. The molecule has 2 aromatic heterocycles. The maximum atomic E-state index is 12.9. The highest BCUT2D eigenvalue weighted by Gasteiger charge is 2.29. The monoisotopic (exact) mass is 396 g/mol. The summed E-state index contributed by atoms with van der Waals surface area (Å²) in [5.74, 6) is 0.249. The quantitative estimate of drug-likeness (QED) is 0.736. The van der Waals surface area contributed by atoms with Gasteiger partial charge in [0, 0.05) is 35.1 Å². The van der Waals surface area contributed by atoms with Gasteiger partial charge in [0.15, 0.2) is 5.43 Å². The molecule has 3 aromatic rings. The number of nitrogens with zero attached hydrogens (tertiary/aromatic N) is 2. The fraction of sp³-hybridized carbons (Fsp3) is 0.364. The number of fused-ring (bicyclic) bond motifs is 1. The lowest BCUT2D eigenvalue weighted by atomic mass is 9.90. The molecule has 1 fully saturated rings. The SMILES string of the molecule is Cc1cc(=O)c2ccccc2n1CC(=O)N1CCC(C(O)c2cccs2)CC1. The molecule has 1 aliphatic rings. The molecule has 4 rings (SSSR count). The summed E-state index contributed by atoms with van der Waals surface area (Å²) < 4.78 is 1.92. The first-order chi connectivity index (χ1) is 13.5. The van der Waals surface area contributed by atoms with E-state index in [-0.39, 0.29) is 23.8 Å². The summed E-state index contributed by atoms with van der Waals surface area (Å²) in [7, 11) is 0. The van der Waals surface area contributed by atoms with Gasteiger partial charge < -0.3 is 14.6 Å². The molecule has 28 heavy (non-hydrogen) atoms. The van der Waals surface area contributed by atoms with Crippen molar-refractivity contribution in [1.29, 1.82) is 0 Å². The van der Waals surface area contributed by atoms with E-state index in [1.54, 1.807) is 23.5 Å². The molecule has 0 spiro atoms. The molecule has 1 N–H and O–H groups in total. The van der Waals surface area contributed by atoms with Crippen molar-refractivity contribution in [3.63, 3.8) is 0 Å². The van der Waals surface area contributed by atoms with Crippen molar-refractivity contribution in [2.45, 2.75) is 32.4 Å². The zero-order chi connectivity index (χ0) is 19.7. The Kier molecular flexibility index (Phi) is 5.33. The normalized spacial score (nSPS) is 16.4. The molecule has 5 nitrogen and oxygen atoms in total. The van der Waals surface area contributed by atoms with Crippen LogP contribution in [0.5, 0.6) is 0 Å². The summed E-state index contributed by atoms with van der Waals surface area (Å²) in [5, 5.41) is 13.2. The first kappa shape index (κ1) is 18.9. The predicted molar refractivity (Wildman–Crippen MR) is 112 cm³/mol. The van der Waals surface area contributed by atoms with Crippen LogP contribution in [0.1, 0.15) is 29.5 Å². The van der Waals surface area contributed by atoms with Crippen molar-refractivity contribution < 1.29 is 9.90 Å². The number of pyridine rings is 1. The number of para-hydroxylation sites is 1. The zero-order valence-electron chi connectivity index (χ0n) is 15.9. The number of carbonyl (C=O) groups excluding carboxylic acids is 1. The van der Waals surface area contributed by atoms with Crippen LogP contribution < -0.4 is 5.43 Å². The molecule has 0 aliphatic carbocycles. The van der Waals surface area contributed by atoms with Gasteiger partial charge >= 0.3 is 0 Å². The molecule has 1 unspecified atom stereocenters. The molecular weight excluding hydrogens is 372 g/mol. The average molecular weight is 397 g/mol.